The lowest BCUT2D eigenvalue weighted by molar-refractivity contribution is 0.174. The zero-order valence-electron chi connectivity index (χ0n) is 13.0. The molecule has 6 nitrogen and oxygen atoms in total. The van der Waals surface area contributed by atoms with E-state index in [-0.39, 0.29) is 19.9 Å². The summed E-state index contributed by atoms with van der Waals surface area (Å²) in [7, 11) is -3.94. The van der Waals surface area contributed by atoms with Gasteiger partial charge in [0.15, 0.2) is 11.5 Å². The Morgan fingerprint density at radius 2 is 1.92 bits per heavy atom. The summed E-state index contributed by atoms with van der Waals surface area (Å²) < 4.78 is 55.4. The molecule has 0 bridgehead atoms. The van der Waals surface area contributed by atoms with E-state index in [4.69, 9.17) is 14.2 Å². The van der Waals surface area contributed by atoms with Crippen molar-refractivity contribution >= 4 is 10.0 Å². The van der Waals surface area contributed by atoms with Gasteiger partial charge in [0.1, 0.15) is 23.1 Å². The molecule has 130 valence electrons. The zero-order valence-corrected chi connectivity index (χ0v) is 13.8. The predicted octanol–water partition coefficient (Wildman–Crippen LogP) is 1.92. The van der Waals surface area contributed by atoms with Crippen molar-refractivity contribution in [1.82, 2.24) is 4.72 Å². The molecule has 0 atom stereocenters. The van der Waals surface area contributed by atoms with Gasteiger partial charge in [-0.3, -0.25) is 0 Å². The van der Waals surface area contributed by atoms with Crippen LogP contribution in [-0.4, -0.2) is 28.4 Å². The molecule has 0 unspecified atom stereocenters. The second-order valence-electron chi connectivity index (χ2n) is 4.91. The number of ether oxygens (including phenoxy) is 3. The second-order valence-corrected chi connectivity index (χ2v) is 6.65. The van der Waals surface area contributed by atoms with E-state index < -0.39 is 20.7 Å². The van der Waals surface area contributed by atoms with Crippen molar-refractivity contribution in [3.05, 3.63) is 48.3 Å². The van der Waals surface area contributed by atoms with Crippen LogP contribution in [0.5, 0.6) is 17.2 Å². The normalized spacial score (nSPS) is 12.4. The summed E-state index contributed by atoms with van der Waals surface area (Å²) in [6.07, 6.45) is 0. The summed E-state index contributed by atoms with van der Waals surface area (Å²) in [4.78, 5) is -0.409. The van der Waals surface area contributed by atoms with Gasteiger partial charge in [-0.2, -0.15) is 4.72 Å². The fraction of sp³-hybridized carbons (Fsp3) is 0.176. The van der Waals surface area contributed by atoms with Crippen LogP contribution in [0.4, 0.5) is 4.39 Å². The van der Waals surface area contributed by atoms with Crippen molar-refractivity contribution in [2.75, 3.05) is 19.9 Å². The van der Waals surface area contributed by atoms with Crippen molar-refractivity contribution in [2.24, 2.45) is 0 Å². The lowest BCUT2D eigenvalue weighted by Gasteiger charge is -2.04. The minimum absolute atomic E-state index is 0.0705. The molecule has 0 spiro atoms. The van der Waals surface area contributed by atoms with Gasteiger partial charge in [0.2, 0.25) is 16.8 Å². The van der Waals surface area contributed by atoms with Gasteiger partial charge in [0.05, 0.1) is 6.54 Å². The van der Waals surface area contributed by atoms with Crippen LogP contribution in [0.3, 0.4) is 0 Å². The van der Waals surface area contributed by atoms with Crippen molar-refractivity contribution in [2.45, 2.75) is 4.90 Å². The summed E-state index contributed by atoms with van der Waals surface area (Å²) >= 11 is 0. The lowest BCUT2D eigenvalue weighted by atomic mass is 10.3. The summed E-state index contributed by atoms with van der Waals surface area (Å²) in [5.74, 6) is 6.29. The molecule has 0 amide bonds. The van der Waals surface area contributed by atoms with Crippen LogP contribution < -0.4 is 18.9 Å². The third kappa shape index (κ3) is 4.21. The molecule has 1 aliphatic rings. The molecule has 3 rings (SSSR count). The molecule has 25 heavy (non-hydrogen) atoms. The summed E-state index contributed by atoms with van der Waals surface area (Å²) in [5, 5.41) is 0. The van der Waals surface area contributed by atoms with Gasteiger partial charge in [-0.1, -0.05) is 24.0 Å². The average molecular weight is 363 g/mol. The number of sulfonamides is 1. The van der Waals surface area contributed by atoms with Gasteiger partial charge in [-0.05, 0) is 24.3 Å². The molecule has 0 aromatic heterocycles. The van der Waals surface area contributed by atoms with E-state index in [0.717, 1.165) is 6.07 Å². The van der Waals surface area contributed by atoms with E-state index in [1.807, 2.05) is 0 Å². The Labute approximate surface area is 144 Å². The maximum absolute atomic E-state index is 13.5. The Morgan fingerprint density at radius 1 is 1.12 bits per heavy atom. The first-order chi connectivity index (χ1) is 12.1. The highest BCUT2D eigenvalue weighted by atomic mass is 32.2. The van der Waals surface area contributed by atoms with Crippen LogP contribution in [0.25, 0.3) is 0 Å². The van der Waals surface area contributed by atoms with Crippen LogP contribution in [-0.2, 0) is 10.0 Å². The molecule has 1 heterocycles. The summed E-state index contributed by atoms with van der Waals surface area (Å²) in [6, 6.07) is 10.3. The Hall–Kier alpha value is -2.76. The van der Waals surface area contributed by atoms with E-state index in [1.165, 1.54) is 18.2 Å². The molecule has 0 fully saturated rings. The molecule has 0 aliphatic carbocycles. The van der Waals surface area contributed by atoms with E-state index in [0.29, 0.717) is 17.2 Å². The molecule has 2 aromatic rings. The van der Waals surface area contributed by atoms with E-state index in [1.54, 1.807) is 18.2 Å². The fourth-order valence-electron chi connectivity index (χ4n) is 2.07. The maximum atomic E-state index is 13.5. The largest absolute Gasteiger partial charge is 0.481 e. The smallest absolute Gasteiger partial charge is 0.244 e. The number of hydrogen-bond donors (Lipinski definition) is 1. The fourth-order valence-corrected chi connectivity index (χ4v) is 3.07. The topological polar surface area (TPSA) is 73.9 Å². The van der Waals surface area contributed by atoms with Crippen LogP contribution in [0.2, 0.25) is 0 Å². The minimum atomic E-state index is -3.94. The monoisotopic (exact) mass is 363 g/mol. The van der Waals surface area contributed by atoms with E-state index in [2.05, 4.69) is 16.6 Å². The zero-order chi connectivity index (χ0) is 17.7. The number of fused-ring (bicyclic) bond motifs is 1. The highest BCUT2D eigenvalue weighted by molar-refractivity contribution is 7.89. The van der Waals surface area contributed by atoms with Gasteiger partial charge in [-0.15, -0.1) is 0 Å². The Kier molecular flexibility index (Phi) is 5.07. The van der Waals surface area contributed by atoms with Crippen LogP contribution in [0.15, 0.2) is 47.4 Å². The van der Waals surface area contributed by atoms with Crippen molar-refractivity contribution in [3.63, 3.8) is 0 Å². The van der Waals surface area contributed by atoms with E-state index in [9.17, 15) is 12.8 Å². The van der Waals surface area contributed by atoms with Crippen LogP contribution in [0, 0.1) is 17.7 Å². The maximum Gasteiger partial charge on any atom is 0.244 e. The Bertz CT molecular complexity index is 934. The molecule has 0 radical (unpaired) electrons. The highest BCUT2D eigenvalue weighted by Crippen LogP contribution is 2.34. The van der Waals surface area contributed by atoms with Crippen molar-refractivity contribution < 1.29 is 27.0 Å². The second kappa shape index (κ2) is 7.42. The minimum Gasteiger partial charge on any atom is -0.481 e. The number of rotatable bonds is 5. The number of nitrogens with one attached hydrogen (secondary N) is 1. The number of benzene rings is 2. The van der Waals surface area contributed by atoms with Gasteiger partial charge < -0.3 is 14.2 Å². The first-order valence-electron chi connectivity index (χ1n) is 7.29. The highest BCUT2D eigenvalue weighted by Gasteiger charge is 2.17. The molecular weight excluding hydrogens is 349 g/mol. The average Bonchev–Trinajstić information content (AvgIpc) is 3.06. The van der Waals surface area contributed by atoms with Crippen LogP contribution in [0.1, 0.15) is 0 Å². The van der Waals surface area contributed by atoms with Crippen LogP contribution >= 0.6 is 0 Å². The van der Waals surface area contributed by atoms with Gasteiger partial charge in [0, 0.05) is 6.07 Å². The molecule has 0 saturated carbocycles. The van der Waals surface area contributed by atoms with Crippen molar-refractivity contribution in [3.8, 4) is 29.1 Å². The quantitative estimate of drug-likeness (QED) is 0.822. The Morgan fingerprint density at radius 3 is 2.76 bits per heavy atom. The van der Waals surface area contributed by atoms with Gasteiger partial charge >= 0.3 is 0 Å². The van der Waals surface area contributed by atoms with Gasteiger partial charge in [0.25, 0.3) is 0 Å². The third-order valence-corrected chi connectivity index (χ3v) is 4.69. The third-order valence-electron chi connectivity index (χ3n) is 3.26. The van der Waals surface area contributed by atoms with Gasteiger partial charge in [-0.25, -0.2) is 12.8 Å². The molecule has 1 aliphatic heterocycles. The molecular formula is C17H14FNO5S. The summed E-state index contributed by atoms with van der Waals surface area (Å²) in [6.45, 7) is 0.100. The SMILES string of the molecule is O=S(=O)(NCC#CCOc1ccc2c(c1)OCO2)c1ccccc1F. The Balaban J connectivity index is 1.49. The standard InChI is InChI=1S/C17H14FNO5S/c18-14-5-1-2-6-17(14)25(20,21)19-9-3-4-10-22-13-7-8-15-16(11-13)24-12-23-15/h1-2,5-8,11,19H,9-10,12H2. The summed E-state index contributed by atoms with van der Waals surface area (Å²) in [5.41, 5.74) is 0. The number of halogens is 1. The van der Waals surface area contributed by atoms with E-state index >= 15 is 0 Å². The lowest BCUT2D eigenvalue weighted by Crippen LogP contribution is -2.25. The first kappa shape index (κ1) is 17.1. The molecule has 8 heteroatoms. The van der Waals surface area contributed by atoms with Crippen molar-refractivity contribution in [1.29, 1.82) is 0 Å². The number of hydrogen-bond acceptors (Lipinski definition) is 5. The molecule has 0 saturated heterocycles. The molecule has 2 aromatic carbocycles. The predicted molar refractivity (Wildman–Crippen MR) is 87.4 cm³/mol. The first-order valence-corrected chi connectivity index (χ1v) is 8.77. The molecule has 1 N–H and O–H groups in total.